The molecule has 5 aromatic rings. The number of amides is 1. The molecule has 1 N–H and O–H groups in total. The lowest BCUT2D eigenvalue weighted by Gasteiger charge is -2.13. The van der Waals surface area contributed by atoms with Crippen molar-refractivity contribution >= 4 is 11.8 Å². The van der Waals surface area contributed by atoms with Gasteiger partial charge >= 0.3 is 6.09 Å². The minimum atomic E-state index is -0.605. The Labute approximate surface area is 227 Å². The van der Waals surface area contributed by atoms with Crippen molar-refractivity contribution in [3.8, 4) is 39.8 Å². The Kier molecular flexibility index (Phi) is 7.88. The number of aromatic nitrogens is 2. The van der Waals surface area contributed by atoms with E-state index in [4.69, 9.17) is 19.2 Å². The fourth-order valence-corrected chi connectivity index (χ4v) is 4.36. The van der Waals surface area contributed by atoms with E-state index in [0.717, 1.165) is 28.3 Å². The van der Waals surface area contributed by atoms with Crippen LogP contribution in [0, 0.1) is 6.92 Å². The first-order chi connectivity index (χ1) is 19.1. The van der Waals surface area contributed by atoms with E-state index in [9.17, 15) is 4.79 Å². The number of methoxy groups -OCH3 is 1. The molecule has 0 radical (unpaired) electrons. The summed E-state index contributed by atoms with van der Waals surface area (Å²) in [5.41, 5.74) is 4.79. The normalized spacial score (nSPS) is 10.6. The molecule has 7 nitrogen and oxygen atoms in total. The number of hydrogen-bond acceptors (Lipinski definition) is 5. The van der Waals surface area contributed by atoms with Gasteiger partial charge in [-0.3, -0.25) is 5.32 Å². The summed E-state index contributed by atoms with van der Waals surface area (Å²) in [7, 11) is 1.53. The SMILES string of the molecule is COc1ccccc1OC(=O)Nc1ccc(OCCn2c(C)nc(-c3ccccc3)c2-c2ccccc2)cc1. The van der Waals surface area contributed by atoms with E-state index in [-0.39, 0.29) is 0 Å². The number of rotatable bonds is 9. The Morgan fingerprint density at radius 2 is 1.41 bits per heavy atom. The number of imidazole rings is 1. The molecular formula is C32H29N3O4. The molecule has 196 valence electrons. The lowest BCUT2D eigenvalue weighted by atomic mass is 10.0. The minimum absolute atomic E-state index is 0.345. The van der Waals surface area contributed by atoms with Gasteiger partial charge in [-0.1, -0.05) is 72.8 Å². The fraction of sp³-hybridized carbons (Fsp3) is 0.125. The van der Waals surface area contributed by atoms with Crippen molar-refractivity contribution in [1.82, 2.24) is 9.55 Å². The molecule has 0 atom stereocenters. The molecule has 0 saturated carbocycles. The van der Waals surface area contributed by atoms with Gasteiger partial charge in [0.15, 0.2) is 11.5 Å². The molecule has 1 heterocycles. The van der Waals surface area contributed by atoms with Crippen molar-refractivity contribution in [3.63, 3.8) is 0 Å². The first-order valence-electron chi connectivity index (χ1n) is 12.6. The lowest BCUT2D eigenvalue weighted by Crippen LogP contribution is -2.17. The van der Waals surface area contributed by atoms with E-state index in [1.165, 1.54) is 7.11 Å². The second-order valence-electron chi connectivity index (χ2n) is 8.78. The molecule has 0 aliphatic heterocycles. The van der Waals surface area contributed by atoms with Crippen LogP contribution in [0.25, 0.3) is 22.5 Å². The average Bonchev–Trinajstić information content (AvgIpc) is 3.31. The summed E-state index contributed by atoms with van der Waals surface area (Å²) in [5, 5.41) is 2.72. The van der Waals surface area contributed by atoms with Gasteiger partial charge in [0.2, 0.25) is 0 Å². The van der Waals surface area contributed by atoms with Crippen LogP contribution >= 0.6 is 0 Å². The summed E-state index contributed by atoms with van der Waals surface area (Å²) in [6.45, 7) is 3.10. The molecule has 0 unspecified atom stereocenters. The monoisotopic (exact) mass is 519 g/mol. The summed E-state index contributed by atoms with van der Waals surface area (Å²) in [6.07, 6.45) is -0.605. The molecular weight excluding hydrogens is 490 g/mol. The van der Waals surface area contributed by atoms with E-state index in [1.807, 2.05) is 55.5 Å². The van der Waals surface area contributed by atoms with Gasteiger partial charge in [0, 0.05) is 16.8 Å². The van der Waals surface area contributed by atoms with Crippen molar-refractivity contribution in [3.05, 3.63) is 115 Å². The summed E-state index contributed by atoms with van der Waals surface area (Å²) >= 11 is 0. The second-order valence-corrected chi connectivity index (χ2v) is 8.78. The highest BCUT2D eigenvalue weighted by molar-refractivity contribution is 5.86. The number of carbonyl (C=O) groups excluding carboxylic acids is 1. The topological polar surface area (TPSA) is 74.6 Å². The van der Waals surface area contributed by atoms with Crippen molar-refractivity contribution < 1.29 is 19.0 Å². The number of hydrogen-bond donors (Lipinski definition) is 1. The average molecular weight is 520 g/mol. The number of nitrogens with one attached hydrogen (secondary N) is 1. The van der Waals surface area contributed by atoms with E-state index in [1.54, 1.807) is 36.4 Å². The Morgan fingerprint density at radius 1 is 0.795 bits per heavy atom. The predicted molar refractivity (Wildman–Crippen MR) is 152 cm³/mol. The largest absolute Gasteiger partial charge is 0.493 e. The van der Waals surface area contributed by atoms with Gasteiger partial charge in [-0.15, -0.1) is 0 Å². The van der Waals surface area contributed by atoms with Crippen LogP contribution in [-0.2, 0) is 6.54 Å². The van der Waals surface area contributed by atoms with Gasteiger partial charge in [0.25, 0.3) is 0 Å². The van der Waals surface area contributed by atoms with Crippen molar-refractivity contribution in [2.24, 2.45) is 0 Å². The molecule has 0 aliphatic rings. The predicted octanol–water partition coefficient (Wildman–Crippen LogP) is 7.22. The Hall–Kier alpha value is -5.04. The molecule has 5 rings (SSSR count). The maximum Gasteiger partial charge on any atom is 0.417 e. The van der Waals surface area contributed by atoms with Gasteiger partial charge in [-0.05, 0) is 43.3 Å². The number of aryl methyl sites for hydroxylation is 1. The van der Waals surface area contributed by atoms with Crippen LogP contribution < -0.4 is 19.5 Å². The molecule has 0 bridgehead atoms. The molecule has 7 heteroatoms. The van der Waals surface area contributed by atoms with Gasteiger partial charge in [-0.2, -0.15) is 0 Å². The van der Waals surface area contributed by atoms with Crippen LogP contribution in [0.3, 0.4) is 0 Å². The number of ether oxygens (including phenoxy) is 3. The number of carbonyl (C=O) groups is 1. The summed E-state index contributed by atoms with van der Waals surface area (Å²) in [5.74, 6) is 2.44. The summed E-state index contributed by atoms with van der Waals surface area (Å²) in [6, 6.07) is 34.6. The zero-order valence-corrected chi connectivity index (χ0v) is 21.8. The van der Waals surface area contributed by atoms with Crippen LogP contribution in [0.1, 0.15) is 5.82 Å². The van der Waals surface area contributed by atoms with Gasteiger partial charge in [-0.25, -0.2) is 9.78 Å². The van der Waals surface area contributed by atoms with E-state index in [2.05, 4.69) is 34.1 Å². The Morgan fingerprint density at radius 3 is 2.08 bits per heavy atom. The Balaban J connectivity index is 1.24. The molecule has 0 aliphatic carbocycles. The quantitative estimate of drug-likeness (QED) is 0.222. The van der Waals surface area contributed by atoms with E-state index < -0.39 is 6.09 Å². The van der Waals surface area contributed by atoms with Crippen LogP contribution in [0.4, 0.5) is 10.5 Å². The third kappa shape index (κ3) is 6.10. The van der Waals surface area contributed by atoms with Gasteiger partial charge < -0.3 is 18.8 Å². The standard InChI is InChI=1S/C32H29N3O4/c1-23-33-30(24-11-5-3-6-12-24)31(25-13-7-4-8-14-25)35(23)21-22-38-27-19-17-26(18-20-27)34-32(36)39-29-16-10-9-15-28(29)37-2/h3-20H,21-22H2,1-2H3,(H,34,36). The maximum atomic E-state index is 12.3. The molecule has 39 heavy (non-hydrogen) atoms. The zero-order chi connectivity index (χ0) is 27.0. The first-order valence-corrected chi connectivity index (χ1v) is 12.6. The molecule has 0 spiro atoms. The van der Waals surface area contributed by atoms with Crippen LogP contribution in [-0.4, -0.2) is 29.4 Å². The Bertz CT molecular complexity index is 1530. The van der Waals surface area contributed by atoms with Gasteiger partial charge in [0.1, 0.15) is 18.2 Å². The highest BCUT2D eigenvalue weighted by Gasteiger charge is 2.18. The maximum absolute atomic E-state index is 12.3. The minimum Gasteiger partial charge on any atom is -0.493 e. The number of benzene rings is 4. The van der Waals surface area contributed by atoms with Crippen LogP contribution in [0.2, 0.25) is 0 Å². The van der Waals surface area contributed by atoms with Crippen molar-refractivity contribution in [2.75, 3.05) is 19.0 Å². The number of para-hydroxylation sites is 2. The molecule has 0 fully saturated rings. The van der Waals surface area contributed by atoms with E-state index >= 15 is 0 Å². The van der Waals surface area contributed by atoms with Crippen LogP contribution in [0.15, 0.2) is 109 Å². The highest BCUT2D eigenvalue weighted by Crippen LogP contribution is 2.33. The zero-order valence-electron chi connectivity index (χ0n) is 21.8. The third-order valence-electron chi connectivity index (χ3n) is 6.21. The third-order valence-corrected chi connectivity index (χ3v) is 6.21. The molecule has 4 aromatic carbocycles. The highest BCUT2D eigenvalue weighted by atomic mass is 16.6. The van der Waals surface area contributed by atoms with Crippen molar-refractivity contribution in [1.29, 1.82) is 0 Å². The number of anilines is 1. The fourth-order valence-electron chi connectivity index (χ4n) is 4.36. The summed E-state index contributed by atoms with van der Waals surface area (Å²) < 4.78 is 18.8. The smallest absolute Gasteiger partial charge is 0.417 e. The number of nitrogens with zero attached hydrogens (tertiary/aromatic N) is 2. The van der Waals surface area contributed by atoms with Crippen molar-refractivity contribution in [2.45, 2.75) is 13.5 Å². The van der Waals surface area contributed by atoms with Gasteiger partial charge in [0.05, 0.1) is 25.0 Å². The molecule has 1 aromatic heterocycles. The lowest BCUT2D eigenvalue weighted by molar-refractivity contribution is 0.213. The first kappa shape index (κ1) is 25.6. The van der Waals surface area contributed by atoms with Crippen LogP contribution in [0.5, 0.6) is 17.2 Å². The molecule has 1 amide bonds. The van der Waals surface area contributed by atoms with E-state index in [0.29, 0.717) is 36.1 Å². The second kappa shape index (κ2) is 12.0. The molecule has 0 saturated heterocycles. The summed E-state index contributed by atoms with van der Waals surface area (Å²) in [4.78, 5) is 17.2.